The van der Waals surface area contributed by atoms with Gasteiger partial charge in [0.1, 0.15) is 4.90 Å². The molecule has 1 aliphatic rings. The topological polar surface area (TPSA) is 87.7 Å². The SMILES string of the molecule is O=S(=O)(c1ccccc1N1CCN(S(=O)(=O)c2cccnc2)CC1)C(F)F. The number of sulfone groups is 1. The first-order valence-corrected chi connectivity index (χ1v) is 11.0. The van der Waals surface area contributed by atoms with Crippen LogP contribution < -0.4 is 4.90 Å². The normalized spacial score (nSPS) is 16.6. The Morgan fingerprint density at radius 2 is 1.59 bits per heavy atom. The van der Waals surface area contributed by atoms with Crippen LogP contribution in [0, 0.1) is 0 Å². The zero-order valence-electron chi connectivity index (χ0n) is 14.1. The zero-order chi connectivity index (χ0) is 19.7. The summed E-state index contributed by atoms with van der Waals surface area (Å²) in [6.45, 7) is 0.547. The first-order chi connectivity index (χ1) is 12.7. The Morgan fingerprint density at radius 1 is 0.926 bits per heavy atom. The molecule has 1 aliphatic heterocycles. The van der Waals surface area contributed by atoms with Crippen LogP contribution in [0.25, 0.3) is 0 Å². The minimum atomic E-state index is -4.76. The molecule has 146 valence electrons. The number of anilines is 1. The summed E-state index contributed by atoms with van der Waals surface area (Å²) in [7, 11) is -8.47. The average molecular weight is 417 g/mol. The second-order valence-electron chi connectivity index (χ2n) is 5.85. The van der Waals surface area contributed by atoms with Crippen molar-refractivity contribution < 1.29 is 25.6 Å². The highest BCUT2D eigenvalue weighted by Crippen LogP contribution is 2.30. The highest BCUT2D eigenvalue weighted by Gasteiger charge is 2.33. The van der Waals surface area contributed by atoms with Gasteiger partial charge in [0.2, 0.25) is 19.9 Å². The van der Waals surface area contributed by atoms with Crippen LogP contribution in [0.15, 0.2) is 58.6 Å². The van der Waals surface area contributed by atoms with Crippen LogP contribution in [0.5, 0.6) is 0 Å². The number of piperazine rings is 1. The molecule has 3 rings (SSSR count). The number of nitrogens with zero attached hydrogens (tertiary/aromatic N) is 3. The van der Waals surface area contributed by atoms with Crippen molar-refractivity contribution in [1.82, 2.24) is 9.29 Å². The Kier molecular flexibility index (Phi) is 5.45. The van der Waals surface area contributed by atoms with Gasteiger partial charge in [0.15, 0.2) is 0 Å². The Hall–Kier alpha value is -2.11. The van der Waals surface area contributed by atoms with Crippen LogP contribution >= 0.6 is 0 Å². The number of pyridine rings is 1. The van der Waals surface area contributed by atoms with E-state index in [4.69, 9.17) is 0 Å². The second-order valence-corrected chi connectivity index (χ2v) is 9.68. The van der Waals surface area contributed by atoms with E-state index >= 15 is 0 Å². The standard InChI is InChI=1S/C16H17F2N3O4S2/c17-16(18)26(22,23)15-6-2-1-5-14(15)20-8-10-21(11-9-20)27(24,25)13-4-3-7-19-12-13/h1-7,12,16H,8-11H2. The molecule has 1 fully saturated rings. The number of sulfonamides is 1. The first-order valence-electron chi connectivity index (χ1n) is 8.01. The van der Waals surface area contributed by atoms with Gasteiger partial charge in [0.05, 0.1) is 10.6 Å². The van der Waals surface area contributed by atoms with E-state index in [1.807, 2.05) is 0 Å². The average Bonchev–Trinajstić information content (AvgIpc) is 2.68. The van der Waals surface area contributed by atoms with Gasteiger partial charge in [-0.05, 0) is 24.3 Å². The van der Waals surface area contributed by atoms with Crippen LogP contribution in [0.4, 0.5) is 14.5 Å². The van der Waals surface area contributed by atoms with E-state index in [0.29, 0.717) is 0 Å². The maximum Gasteiger partial charge on any atom is 0.341 e. The lowest BCUT2D eigenvalue weighted by molar-refractivity contribution is 0.234. The second kappa shape index (κ2) is 7.49. The molecule has 0 atom stereocenters. The number of hydrogen-bond acceptors (Lipinski definition) is 6. The minimum Gasteiger partial charge on any atom is -0.368 e. The van der Waals surface area contributed by atoms with Crippen molar-refractivity contribution in [3.05, 3.63) is 48.8 Å². The maximum absolute atomic E-state index is 13.0. The smallest absolute Gasteiger partial charge is 0.341 e. The predicted octanol–water partition coefficient (Wildman–Crippen LogP) is 1.59. The van der Waals surface area contributed by atoms with Crippen molar-refractivity contribution in [3.8, 4) is 0 Å². The molecular formula is C16H17F2N3O4S2. The summed E-state index contributed by atoms with van der Waals surface area (Å²) >= 11 is 0. The number of alkyl halides is 2. The number of para-hydroxylation sites is 1. The summed E-state index contributed by atoms with van der Waals surface area (Å²) in [6.07, 6.45) is 2.73. The van der Waals surface area contributed by atoms with E-state index in [2.05, 4.69) is 4.98 Å². The molecule has 0 amide bonds. The van der Waals surface area contributed by atoms with Crippen molar-refractivity contribution >= 4 is 25.5 Å². The fourth-order valence-electron chi connectivity index (χ4n) is 2.87. The lowest BCUT2D eigenvalue weighted by Gasteiger charge is -2.36. The summed E-state index contributed by atoms with van der Waals surface area (Å²) < 4.78 is 76.2. The van der Waals surface area contributed by atoms with E-state index in [9.17, 15) is 25.6 Å². The molecule has 11 heteroatoms. The molecule has 0 N–H and O–H groups in total. The highest BCUT2D eigenvalue weighted by atomic mass is 32.2. The number of aromatic nitrogens is 1. The number of halogens is 2. The molecule has 0 unspecified atom stereocenters. The highest BCUT2D eigenvalue weighted by molar-refractivity contribution is 7.91. The van der Waals surface area contributed by atoms with Crippen LogP contribution in [0.1, 0.15) is 0 Å². The van der Waals surface area contributed by atoms with E-state index in [-0.39, 0.29) is 36.8 Å². The fraction of sp³-hybridized carbons (Fsp3) is 0.312. The summed E-state index contributed by atoms with van der Waals surface area (Å²) in [5.74, 6) is -3.52. The van der Waals surface area contributed by atoms with Gasteiger partial charge in [-0.15, -0.1) is 0 Å². The predicted molar refractivity (Wildman–Crippen MR) is 94.8 cm³/mol. The molecule has 1 aromatic carbocycles. The molecule has 27 heavy (non-hydrogen) atoms. The van der Waals surface area contributed by atoms with Crippen molar-refractivity contribution in [3.63, 3.8) is 0 Å². The quantitative estimate of drug-likeness (QED) is 0.734. The summed E-state index contributed by atoms with van der Waals surface area (Å²) in [4.78, 5) is 5.02. The van der Waals surface area contributed by atoms with Gasteiger partial charge in [0, 0.05) is 38.6 Å². The van der Waals surface area contributed by atoms with Gasteiger partial charge in [-0.2, -0.15) is 13.1 Å². The molecule has 0 aliphatic carbocycles. The fourth-order valence-corrected chi connectivity index (χ4v) is 5.21. The Bertz CT molecular complexity index is 1010. The molecule has 1 aromatic heterocycles. The minimum absolute atomic E-state index is 0.0686. The lowest BCUT2D eigenvalue weighted by Crippen LogP contribution is -2.49. The van der Waals surface area contributed by atoms with Gasteiger partial charge in [-0.25, -0.2) is 16.8 Å². The molecule has 0 radical (unpaired) electrons. The van der Waals surface area contributed by atoms with Crippen molar-refractivity contribution in [2.75, 3.05) is 31.1 Å². The lowest BCUT2D eigenvalue weighted by atomic mass is 10.2. The molecule has 0 spiro atoms. The van der Waals surface area contributed by atoms with Gasteiger partial charge in [-0.3, -0.25) is 4.98 Å². The third kappa shape index (κ3) is 3.80. The Labute approximate surface area is 156 Å². The summed E-state index contributed by atoms with van der Waals surface area (Å²) in [6, 6.07) is 8.48. The molecular weight excluding hydrogens is 400 g/mol. The van der Waals surface area contributed by atoms with Gasteiger partial charge < -0.3 is 4.90 Å². The summed E-state index contributed by atoms with van der Waals surface area (Å²) in [5.41, 5.74) is 0.149. The van der Waals surface area contributed by atoms with Crippen molar-refractivity contribution in [2.24, 2.45) is 0 Å². The Balaban J connectivity index is 1.82. The largest absolute Gasteiger partial charge is 0.368 e. The monoisotopic (exact) mass is 417 g/mol. The molecule has 0 saturated carbocycles. The molecule has 0 bridgehead atoms. The van der Waals surface area contributed by atoms with Crippen LogP contribution in [0.2, 0.25) is 0 Å². The summed E-state index contributed by atoms with van der Waals surface area (Å²) in [5, 5.41) is 0. The zero-order valence-corrected chi connectivity index (χ0v) is 15.7. The number of rotatable bonds is 5. The van der Waals surface area contributed by atoms with Gasteiger partial charge in [-0.1, -0.05) is 12.1 Å². The van der Waals surface area contributed by atoms with Crippen LogP contribution in [-0.4, -0.2) is 58.1 Å². The van der Waals surface area contributed by atoms with Gasteiger partial charge in [0.25, 0.3) is 0 Å². The van der Waals surface area contributed by atoms with E-state index < -0.39 is 30.5 Å². The number of benzene rings is 1. The van der Waals surface area contributed by atoms with Crippen LogP contribution in [0.3, 0.4) is 0 Å². The van der Waals surface area contributed by atoms with Crippen molar-refractivity contribution in [1.29, 1.82) is 0 Å². The van der Waals surface area contributed by atoms with E-state index in [1.165, 1.54) is 41.0 Å². The van der Waals surface area contributed by atoms with Gasteiger partial charge >= 0.3 is 5.76 Å². The molecule has 2 aromatic rings. The molecule has 1 saturated heterocycles. The molecule has 2 heterocycles. The van der Waals surface area contributed by atoms with Crippen LogP contribution in [-0.2, 0) is 19.9 Å². The first kappa shape index (κ1) is 19.6. The van der Waals surface area contributed by atoms with E-state index in [0.717, 1.165) is 6.07 Å². The third-order valence-electron chi connectivity index (χ3n) is 4.26. The Morgan fingerprint density at radius 3 is 2.19 bits per heavy atom. The maximum atomic E-state index is 13.0. The number of hydrogen-bond donors (Lipinski definition) is 0. The van der Waals surface area contributed by atoms with E-state index in [1.54, 1.807) is 11.0 Å². The van der Waals surface area contributed by atoms with Crippen molar-refractivity contribution in [2.45, 2.75) is 15.5 Å². The molecule has 7 nitrogen and oxygen atoms in total. The third-order valence-corrected chi connectivity index (χ3v) is 7.57.